The Morgan fingerprint density at radius 3 is 2.62 bits per heavy atom. The second kappa shape index (κ2) is 7.66. The van der Waals surface area contributed by atoms with Crippen LogP contribution in [-0.2, 0) is 0 Å². The number of aromatic nitrogens is 1. The maximum absolute atomic E-state index is 14.2. The lowest BCUT2D eigenvalue weighted by Gasteiger charge is -2.26. The number of pyridine rings is 1. The van der Waals surface area contributed by atoms with Crippen molar-refractivity contribution < 1.29 is 4.39 Å². The summed E-state index contributed by atoms with van der Waals surface area (Å²) in [5.41, 5.74) is 1.85. The van der Waals surface area contributed by atoms with Crippen LogP contribution < -0.4 is 5.32 Å². The maximum atomic E-state index is 14.2. The van der Waals surface area contributed by atoms with Gasteiger partial charge in [-0.15, -0.1) is 0 Å². The molecule has 21 heavy (non-hydrogen) atoms. The van der Waals surface area contributed by atoms with Gasteiger partial charge >= 0.3 is 0 Å². The first-order valence-corrected chi connectivity index (χ1v) is 8.01. The molecule has 1 aromatic heterocycles. The number of benzene rings is 1. The van der Waals surface area contributed by atoms with Crippen molar-refractivity contribution in [1.29, 1.82) is 0 Å². The number of hydrogen-bond acceptors (Lipinski definition) is 2. The van der Waals surface area contributed by atoms with Crippen molar-refractivity contribution in [2.45, 2.75) is 32.2 Å². The Morgan fingerprint density at radius 1 is 1.24 bits per heavy atom. The first kappa shape index (κ1) is 16.1. The van der Waals surface area contributed by atoms with E-state index in [1.807, 2.05) is 18.2 Å². The fourth-order valence-corrected chi connectivity index (χ4v) is 2.85. The normalized spacial score (nSPS) is 13.9. The van der Waals surface area contributed by atoms with Crippen LogP contribution in [0, 0.1) is 5.82 Å². The minimum atomic E-state index is -0.173. The first-order valence-electron chi connectivity index (χ1n) is 7.21. The highest BCUT2D eigenvalue weighted by atomic mass is 79.9. The zero-order valence-electron chi connectivity index (χ0n) is 12.3. The number of nitrogens with one attached hydrogen (secondary N) is 1. The van der Waals surface area contributed by atoms with Gasteiger partial charge < -0.3 is 5.32 Å². The van der Waals surface area contributed by atoms with E-state index in [-0.39, 0.29) is 17.8 Å². The summed E-state index contributed by atoms with van der Waals surface area (Å²) in [5.74, 6) is -0.0175. The van der Waals surface area contributed by atoms with Crippen molar-refractivity contribution in [3.05, 3.63) is 64.1 Å². The van der Waals surface area contributed by atoms with Gasteiger partial charge in [0.2, 0.25) is 0 Å². The second-order valence-electron chi connectivity index (χ2n) is 5.17. The molecule has 4 heteroatoms. The van der Waals surface area contributed by atoms with Gasteiger partial charge in [-0.2, -0.15) is 0 Å². The number of rotatable bonds is 6. The largest absolute Gasteiger partial charge is 0.309 e. The van der Waals surface area contributed by atoms with E-state index in [4.69, 9.17) is 0 Å². The average molecular weight is 351 g/mol. The minimum Gasteiger partial charge on any atom is -0.309 e. The molecule has 0 aliphatic carbocycles. The van der Waals surface area contributed by atoms with Gasteiger partial charge in [0.05, 0.1) is 0 Å². The number of hydrogen-bond donors (Lipinski definition) is 1. The highest BCUT2D eigenvalue weighted by Gasteiger charge is 2.23. The molecule has 1 heterocycles. The molecule has 0 aliphatic heterocycles. The van der Waals surface area contributed by atoms with Crippen LogP contribution in [0.2, 0.25) is 0 Å². The van der Waals surface area contributed by atoms with Gasteiger partial charge in [-0.1, -0.05) is 29.8 Å². The van der Waals surface area contributed by atoms with Gasteiger partial charge in [-0.3, -0.25) is 4.98 Å². The summed E-state index contributed by atoms with van der Waals surface area (Å²) in [6.07, 6.45) is 4.56. The van der Waals surface area contributed by atoms with E-state index < -0.39 is 0 Å². The van der Waals surface area contributed by atoms with Crippen molar-refractivity contribution in [1.82, 2.24) is 10.3 Å². The molecule has 0 spiro atoms. The van der Waals surface area contributed by atoms with Crippen LogP contribution in [0.4, 0.5) is 4.39 Å². The lowest BCUT2D eigenvalue weighted by Crippen LogP contribution is -2.27. The van der Waals surface area contributed by atoms with Gasteiger partial charge in [-0.05, 0) is 48.9 Å². The molecule has 2 atom stereocenters. The van der Waals surface area contributed by atoms with Gasteiger partial charge in [0.25, 0.3) is 0 Å². The van der Waals surface area contributed by atoms with E-state index in [1.54, 1.807) is 18.5 Å². The van der Waals surface area contributed by atoms with E-state index in [9.17, 15) is 4.39 Å². The predicted molar refractivity (Wildman–Crippen MR) is 87.8 cm³/mol. The predicted octanol–water partition coefficient (Wildman–Crippen LogP) is 4.83. The topological polar surface area (TPSA) is 24.9 Å². The third kappa shape index (κ3) is 4.11. The van der Waals surface area contributed by atoms with Gasteiger partial charge in [-0.25, -0.2) is 4.39 Å². The average Bonchev–Trinajstić information content (AvgIpc) is 2.51. The first-order chi connectivity index (χ1) is 10.1. The summed E-state index contributed by atoms with van der Waals surface area (Å²) in [6.45, 7) is 5.08. The minimum absolute atomic E-state index is 0.0650. The van der Waals surface area contributed by atoms with Crippen molar-refractivity contribution >= 4 is 15.9 Å². The van der Waals surface area contributed by atoms with Crippen LogP contribution >= 0.6 is 15.9 Å². The molecule has 0 amide bonds. The maximum Gasteiger partial charge on any atom is 0.128 e. The van der Waals surface area contributed by atoms with Crippen LogP contribution in [0.1, 0.15) is 43.4 Å². The molecule has 112 valence electrons. The Kier molecular flexibility index (Phi) is 5.88. The van der Waals surface area contributed by atoms with Crippen molar-refractivity contribution in [2.24, 2.45) is 0 Å². The zero-order valence-corrected chi connectivity index (χ0v) is 13.9. The molecule has 1 aromatic carbocycles. The van der Waals surface area contributed by atoms with Crippen molar-refractivity contribution in [2.75, 3.05) is 6.54 Å². The lowest BCUT2D eigenvalue weighted by atomic mass is 9.88. The van der Waals surface area contributed by atoms with Crippen LogP contribution in [0.3, 0.4) is 0 Å². The Hall–Kier alpha value is -1.26. The second-order valence-corrected chi connectivity index (χ2v) is 6.08. The Balaban J connectivity index is 2.36. The van der Waals surface area contributed by atoms with Crippen molar-refractivity contribution in [3.63, 3.8) is 0 Å². The highest BCUT2D eigenvalue weighted by molar-refractivity contribution is 9.10. The van der Waals surface area contributed by atoms with E-state index in [2.05, 4.69) is 40.1 Å². The molecule has 0 saturated heterocycles. The molecule has 0 saturated carbocycles. The molecule has 1 N–H and O–H groups in total. The Bertz CT molecular complexity index is 574. The van der Waals surface area contributed by atoms with Gasteiger partial charge in [0, 0.05) is 34.4 Å². The SMILES string of the molecule is CCCNC(c1cc(Br)ccc1F)C(C)c1ccncc1. The quantitative estimate of drug-likeness (QED) is 0.807. The van der Waals surface area contributed by atoms with Crippen LogP contribution in [0.15, 0.2) is 47.2 Å². The highest BCUT2D eigenvalue weighted by Crippen LogP contribution is 2.33. The molecule has 0 aliphatic rings. The fourth-order valence-electron chi connectivity index (χ4n) is 2.47. The monoisotopic (exact) mass is 350 g/mol. The summed E-state index contributed by atoms with van der Waals surface area (Å²) in [6, 6.07) is 9.01. The van der Waals surface area contributed by atoms with E-state index in [0.29, 0.717) is 5.56 Å². The van der Waals surface area contributed by atoms with Crippen LogP contribution in [0.5, 0.6) is 0 Å². The van der Waals surface area contributed by atoms with E-state index >= 15 is 0 Å². The molecule has 2 aromatic rings. The smallest absolute Gasteiger partial charge is 0.128 e. The summed E-state index contributed by atoms with van der Waals surface area (Å²) in [7, 11) is 0. The molecule has 2 rings (SSSR count). The fraction of sp³-hybridized carbons (Fsp3) is 0.353. The summed E-state index contributed by atoms with van der Waals surface area (Å²) in [4.78, 5) is 4.05. The molecule has 0 bridgehead atoms. The summed E-state index contributed by atoms with van der Waals surface area (Å²) >= 11 is 3.43. The Labute approximate surface area is 133 Å². The summed E-state index contributed by atoms with van der Waals surface area (Å²) in [5, 5.41) is 3.47. The van der Waals surface area contributed by atoms with Gasteiger partial charge in [0.1, 0.15) is 5.82 Å². The Morgan fingerprint density at radius 2 is 1.95 bits per heavy atom. The lowest BCUT2D eigenvalue weighted by molar-refractivity contribution is 0.445. The van der Waals surface area contributed by atoms with Gasteiger partial charge in [0.15, 0.2) is 0 Å². The molecular weight excluding hydrogens is 331 g/mol. The standard InChI is InChI=1S/C17H20BrFN2/c1-3-8-21-17(12(2)13-6-9-20-10-7-13)15-11-14(18)4-5-16(15)19/h4-7,9-12,17,21H,3,8H2,1-2H3. The van der Waals surface area contributed by atoms with Crippen LogP contribution in [0.25, 0.3) is 0 Å². The third-order valence-electron chi connectivity index (χ3n) is 3.64. The zero-order chi connectivity index (χ0) is 15.2. The molecule has 2 nitrogen and oxygen atoms in total. The molecular formula is C17H20BrFN2. The molecule has 0 fully saturated rings. The molecule has 2 unspecified atom stereocenters. The third-order valence-corrected chi connectivity index (χ3v) is 4.13. The van der Waals surface area contributed by atoms with E-state index in [0.717, 1.165) is 23.0 Å². The molecule has 0 radical (unpaired) electrons. The number of halogens is 2. The van der Waals surface area contributed by atoms with Crippen molar-refractivity contribution in [3.8, 4) is 0 Å². The number of nitrogens with zero attached hydrogens (tertiary/aromatic N) is 1. The van der Waals surface area contributed by atoms with Crippen LogP contribution in [-0.4, -0.2) is 11.5 Å². The van der Waals surface area contributed by atoms with E-state index in [1.165, 1.54) is 6.07 Å². The summed E-state index contributed by atoms with van der Waals surface area (Å²) < 4.78 is 15.1.